The SMILES string of the molecule is CCN(C(=O)C(C)Sc1n[nH]c(-c2cc(Cl)ccc2OC)n1)c1ccccc1. The fourth-order valence-electron chi connectivity index (χ4n) is 2.79. The zero-order valence-corrected chi connectivity index (χ0v) is 17.4. The summed E-state index contributed by atoms with van der Waals surface area (Å²) < 4.78 is 5.36. The summed E-state index contributed by atoms with van der Waals surface area (Å²) in [5, 5.41) is 7.85. The Morgan fingerprint density at radius 2 is 2.04 bits per heavy atom. The molecule has 1 N–H and O–H groups in total. The number of aromatic amines is 1. The van der Waals surface area contributed by atoms with Crippen LogP contribution in [0.1, 0.15) is 13.8 Å². The lowest BCUT2D eigenvalue weighted by atomic mass is 10.2. The number of nitrogens with zero attached hydrogens (tertiary/aromatic N) is 3. The highest BCUT2D eigenvalue weighted by atomic mass is 35.5. The number of benzene rings is 2. The van der Waals surface area contributed by atoms with Crippen LogP contribution in [0.4, 0.5) is 5.69 Å². The van der Waals surface area contributed by atoms with Crippen LogP contribution in [0.25, 0.3) is 11.4 Å². The maximum absolute atomic E-state index is 12.9. The van der Waals surface area contributed by atoms with Gasteiger partial charge < -0.3 is 9.64 Å². The molecule has 28 heavy (non-hydrogen) atoms. The Balaban J connectivity index is 1.76. The van der Waals surface area contributed by atoms with Gasteiger partial charge in [0.2, 0.25) is 11.1 Å². The summed E-state index contributed by atoms with van der Waals surface area (Å²) in [4.78, 5) is 19.2. The molecule has 0 aliphatic heterocycles. The van der Waals surface area contributed by atoms with Crippen LogP contribution in [0, 0.1) is 0 Å². The number of nitrogens with one attached hydrogen (secondary N) is 1. The van der Waals surface area contributed by atoms with Crippen LogP contribution >= 0.6 is 23.4 Å². The first-order valence-corrected chi connectivity index (χ1v) is 10.1. The second-order valence-electron chi connectivity index (χ2n) is 5.99. The first-order chi connectivity index (χ1) is 13.5. The van der Waals surface area contributed by atoms with Gasteiger partial charge >= 0.3 is 0 Å². The highest BCUT2D eigenvalue weighted by Crippen LogP contribution is 2.32. The number of amides is 1. The van der Waals surface area contributed by atoms with E-state index in [9.17, 15) is 4.79 Å². The third kappa shape index (κ3) is 4.48. The van der Waals surface area contributed by atoms with Gasteiger partial charge in [0.1, 0.15) is 5.75 Å². The largest absolute Gasteiger partial charge is 0.496 e. The van der Waals surface area contributed by atoms with Crippen molar-refractivity contribution in [3.63, 3.8) is 0 Å². The normalized spacial score (nSPS) is 11.9. The quantitative estimate of drug-likeness (QED) is 0.567. The number of hydrogen-bond acceptors (Lipinski definition) is 5. The van der Waals surface area contributed by atoms with Gasteiger partial charge in [-0.05, 0) is 44.2 Å². The lowest BCUT2D eigenvalue weighted by Gasteiger charge is -2.23. The van der Waals surface area contributed by atoms with E-state index in [2.05, 4.69) is 15.2 Å². The maximum atomic E-state index is 12.9. The highest BCUT2D eigenvalue weighted by Gasteiger charge is 2.23. The molecule has 3 aromatic rings. The van der Waals surface area contributed by atoms with E-state index in [1.807, 2.05) is 44.2 Å². The van der Waals surface area contributed by atoms with E-state index in [-0.39, 0.29) is 11.2 Å². The molecule has 0 bridgehead atoms. The third-order valence-electron chi connectivity index (χ3n) is 4.16. The Kier molecular flexibility index (Phi) is 6.59. The topological polar surface area (TPSA) is 71.1 Å². The number of carbonyl (C=O) groups is 1. The fourth-order valence-corrected chi connectivity index (χ4v) is 3.75. The van der Waals surface area contributed by atoms with E-state index < -0.39 is 0 Å². The van der Waals surface area contributed by atoms with Crippen LogP contribution in [0.15, 0.2) is 53.7 Å². The van der Waals surface area contributed by atoms with Gasteiger partial charge in [0, 0.05) is 17.3 Å². The molecule has 8 heteroatoms. The van der Waals surface area contributed by atoms with Crippen molar-refractivity contribution in [1.82, 2.24) is 15.2 Å². The van der Waals surface area contributed by atoms with Crippen molar-refractivity contribution >= 4 is 35.0 Å². The zero-order valence-electron chi connectivity index (χ0n) is 15.8. The van der Waals surface area contributed by atoms with Crippen LogP contribution in [0.2, 0.25) is 5.02 Å². The van der Waals surface area contributed by atoms with E-state index in [1.165, 1.54) is 11.8 Å². The number of para-hydroxylation sites is 1. The average Bonchev–Trinajstić information content (AvgIpc) is 3.17. The molecular formula is C20H21ClN4O2S. The summed E-state index contributed by atoms with van der Waals surface area (Å²) in [7, 11) is 1.59. The summed E-state index contributed by atoms with van der Waals surface area (Å²) in [5.74, 6) is 1.18. The molecule has 1 aromatic heterocycles. The lowest BCUT2D eigenvalue weighted by Crippen LogP contribution is -2.36. The third-order valence-corrected chi connectivity index (χ3v) is 5.35. The molecule has 0 saturated carbocycles. The summed E-state index contributed by atoms with van der Waals surface area (Å²) in [6.45, 7) is 4.40. The van der Waals surface area contributed by atoms with Gasteiger partial charge in [-0.2, -0.15) is 0 Å². The molecule has 1 amide bonds. The standard InChI is InChI=1S/C20H21ClN4O2S/c1-4-25(15-8-6-5-7-9-15)19(26)13(2)28-20-22-18(23-24-20)16-12-14(21)10-11-17(16)27-3/h5-13H,4H2,1-3H3,(H,22,23,24). The lowest BCUT2D eigenvalue weighted by molar-refractivity contribution is -0.117. The van der Waals surface area contributed by atoms with Crippen molar-refractivity contribution in [3.05, 3.63) is 53.6 Å². The first-order valence-electron chi connectivity index (χ1n) is 8.83. The van der Waals surface area contributed by atoms with Crippen LogP contribution in [0.5, 0.6) is 5.75 Å². The van der Waals surface area contributed by atoms with Gasteiger partial charge in [-0.3, -0.25) is 9.89 Å². The predicted octanol–water partition coefficient (Wildman–Crippen LogP) is 4.67. The van der Waals surface area contributed by atoms with Crippen molar-refractivity contribution in [1.29, 1.82) is 0 Å². The van der Waals surface area contributed by atoms with E-state index in [4.69, 9.17) is 16.3 Å². The molecule has 0 spiro atoms. The second kappa shape index (κ2) is 9.12. The number of hydrogen-bond donors (Lipinski definition) is 1. The Bertz CT molecular complexity index is 948. The van der Waals surface area contributed by atoms with Crippen molar-refractivity contribution in [3.8, 4) is 17.1 Å². The van der Waals surface area contributed by atoms with E-state index in [0.717, 1.165) is 5.69 Å². The molecular weight excluding hydrogens is 396 g/mol. The van der Waals surface area contributed by atoms with Gasteiger partial charge in [0.05, 0.1) is 17.9 Å². The van der Waals surface area contributed by atoms with Gasteiger partial charge in [-0.1, -0.05) is 41.6 Å². The molecule has 6 nitrogen and oxygen atoms in total. The number of halogens is 1. The Morgan fingerprint density at radius 1 is 1.29 bits per heavy atom. The molecule has 0 fully saturated rings. The zero-order chi connectivity index (χ0) is 20.1. The van der Waals surface area contributed by atoms with Crippen LogP contribution in [-0.4, -0.2) is 40.0 Å². The molecule has 0 radical (unpaired) electrons. The summed E-state index contributed by atoms with van der Waals surface area (Å²) >= 11 is 7.40. The van der Waals surface area contributed by atoms with Crippen LogP contribution < -0.4 is 9.64 Å². The fraction of sp³-hybridized carbons (Fsp3) is 0.250. The highest BCUT2D eigenvalue weighted by molar-refractivity contribution is 8.00. The summed E-state index contributed by atoms with van der Waals surface area (Å²) in [6.07, 6.45) is 0. The summed E-state index contributed by atoms with van der Waals surface area (Å²) in [6, 6.07) is 14.9. The number of aromatic nitrogens is 3. The number of ether oxygens (including phenoxy) is 1. The van der Waals surface area contributed by atoms with Crippen LogP contribution in [-0.2, 0) is 4.79 Å². The first kappa shape index (κ1) is 20.2. The number of rotatable bonds is 7. The number of methoxy groups -OCH3 is 1. The monoisotopic (exact) mass is 416 g/mol. The Labute approximate surface area is 173 Å². The van der Waals surface area contributed by atoms with Gasteiger partial charge in [0.25, 0.3) is 0 Å². The van der Waals surface area contributed by atoms with E-state index >= 15 is 0 Å². The summed E-state index contributed by atoms with van der Waals surface area (Å²) in [5.41, 5.74) is 1.59. The number of carbonyl (C=O) groups excluding carboxylic acids is 1. The van der Waals surface area contributed by atoms with Gasteiger partial charge in [-0.15, -0.1) is 5.10 Å². The number of anilines is 1. The smallest absolute Gasteiger partial charge is 0.240 e. The van der Waals surface area contributed by atoms with E-state index in [0.29, 0.717) is 33.9 Å². The molecule has 0 aliphatic rings. The molecule has 0 aliphatic carbocycles. The Hall–Kier alpha value is -2.51. The molecule has 2 aromatic carbocycles. The molecule has 1 heterocycles. The molecule has 1 unspecified atom stereocenters. The number of H-pyrrole nitrogens is 1. The minimum atomic E-state index is -0.343. The Morgan fingerprint density at radius 3 is 2.71 bits per heavy atom. The van der Waals surface area contributed by atoms with Crippen molar-refractivity contribution in [2.75, 3.05) is 18.6 Å². The molecule has 0 saturated heterocycles. The van der Waals surface area contributed by atoms with Gasteiger partial charge in [-0.25, -0.2) is 4.98 Å². The second-order valence-corrected chi connectivity index (χ2v) is 7.73. The maximum Gasteiger partial charge on any atom is 0.240 e. The van der Waals surface area contributed by atoms with Crippen molar-refractivity contribution in [2.45, 2.75) is 24.3 Å². The van der Waals surface area contributed by atoms with Crippen LogP contribution in [0.3, 0.4) is 0 Å². The van der Waals surface area contributed by atoms with Crippen molar-refractivity contribution in [2.24, 2.45) is 0 Å². The average molecular weight is 417 g/mol. The van der Waals surface area contributed by atoms with E-state index in [1.54, 1.807) is 30.2 Å². The number of thioether (sulfide) groups is 1. The minimum absolute atomic E-state index is 0.00499. The molecule has 3 rings (SSSR count). The molecule has 1 atom stereocenters. The predicted molar refractivity (Wildman–Crippen MR) is 113 cm³/mol. The molecule has 146 valence electrons. The minimum Gasteiger partial charge on any atom is -0.496 e. The van der Waals surface area contributed by atoms with Gasteiger partial charge in [0.15, 0.2) is 5.82 Å². The van der Waals surface area contributed by atoms with Crippen molar-refractivity contribution < 1.29 is 9.53 Å².